The summed E-state index contributed by atoms with van der Waals surface area (Å²) in [4.78, 5) is 48.3. The second-order valence-corrected chi connectivity index (χ2v) is 8.17. The molecule has 3 heterocycles. The number of pyridine rings is 1. The van der Waals surface area contributed by atoms with Crippen LogP contribution in [0.4, 0.5) is 10.2 Å². The molecule has 0 radical (unpaired) electrons. The molecule has 0 aliphatic carbocycles. The number of aromatic amines is 1. The van der Waals surface area contributed by atoms with Crippen LogP contribution in [0, 0.1) is 5.82 Å². The molecule has 1 amide bonds. The summed E-state index contributed by atoms with van der Waals surface area (Å²) in [6.07, 6.45) is 1.76. The molecule has 172 valence electrons. The van der Waals surface area contributed by atoms with Gasteiger partial charge < -0.3 is 9.80 Å². The van der Waals surface area contributed by atoms with E-state index in [2.05, 4.69) is 14.9 Å². The second-order valence-electron chi connectivity index (χ2n) is 8.17. The molecule has 0 saturated carbocycles. The summed E-state index contributed by atoms with van der Waals surface area (Å²) in [5.41, 5.74) is 0.350. The van der Waals surface area contributed by atoms with E-state index in [1.54, 1.807) is 24.4 Å². The summed E-state index contributed by atoms with van der Waals surface area (Å²) in [5.74, 6) is 0.261. The van der Waals surface area contributed by atoms with Gasteiger partial charge in [0.15, 0.2) is 0 Å². The van der Waals surface area contributed by atoms with Crippen molar-refractivity contribution < 1.29 is 9.18 Å². The number of fused-ring (bicyclic) bond motifs is 1. The number of anilines is 1. The minimum absolute atomic E-state index is 0.0803. The molecule has 1 aliphatic heterocycles. The first kappa shape index (κ1) is 21.6. The van der Waals surface area contributed by atoms with Crippen molar-refractivity contribution in [3.8, 4) is 0 Å². The largest absolute Gasteiger partial charge is 0.353 e. The molecule has 1 fully saturated rings. The number of carbonyl (C=O) groups excluding carboxylic acids is 1. The summed E-state index contributed by atoms with van der Waals surface area (Å²) in [7, 11) is 0. The molecule has 2 aromatic carbocycles. The number of nitrogens with one attached hydrogen (secondary N) is 1. The van der Waals surface area contributed by atoms with E-state index in [1.807, 2.05) is 29.2 Å². The first-order valence-corrected chi connectivity index (χ1v) is 11.0. The van der Waals surface area contributed by atoms with Crippen LogP contribution in [-0.4, -0.2) is 51.5 Å². The Bertz CT molecular complexity index is 1470. The standard InChI is InChI=1S/C25H22FN5O3/c26-19-7-8-21-20(15-19)23(32)28-25(34)31(21)16-17-4-3-5-18(14-17)24(33)30-12-10-29(11-13-30)22-6-1-2-9-27-22/h1-9,14-15H,10-13,16H2,(H,28,32,34). The third kappa shape index (κ3) is 4.19. The van der Waals surface area contributed by atoms with Crippen molar-refractivity contribution in [2.45, 2.75) is 6.54 Å². The highest BCUT2D eigenvalue weighted by Gasteiger charge is 2.23. The highest BCUT2D eigenvalue weighted by molar-refractivity contribution is 5.94. The predicted molar refractivity (Wildman–Crippen MR) is 127 cm³/mol. The molecule has 0 atom stereocenters. The Hall–Kier alpha value is -4.27. The highest BCUT2D eigenvalue weighted by atomic mass is 19.1. The number of piperazine rings is 1. The van der Waals surface area contributed by atoms with Crippen LogP contribution in [-0.2, 0) is 6.54 Å². The zero-order valence-corrected chi connectivity index (χ0v) is 18.3. The van der Waals surface area contributed by atoms with Gasteiger partial charge in [-0.1, -0.05) is 18.2 Å². The van der Waals surface area contributed by atoms with Crippen LogP contribution in [0.1, 0.15) is 15.9 Å². The van der Waals surface area contributed by atoms with E-state index in [-0.39, 0.29) is 17.8 Å². The molecule has 4 aromatic rings. The van der Waals surface area contributed by atoms with Gasteiger partial charge in [0.05, 0.1) is 17.4 Å². The van der Waals surface area contributed by atoms with Gasteiger partial charge in [0.2, 0.25) is 0 Å². The second kappa shape index (κ2) is 8.93. The first-order valence-electron chi connectivity index (χ1n) is 11.0. The van der Waals surface area contributed by atoms with Crippen molar-refractivity contribution in [3.05, 3.63) is 105 Å². The summed E-state index contributed by atoms with van der Waals surface area (Å²) >= 11 is 0. The lowest BCUT2D eigenvalue weighted by atomic mass is 10.1. The lowest BCUT2D eigenvalue weighted by Gasteiger charge is -2.35. The zero-order valence-electron chi connectivity index (χ0n) is 18.3. The number of amides is 1. The van der Waals surface area contributed by atoms with Crippen molar-refractivity contribution in [2.75, 3.05) is 31.1 Å². The lowest BCUT2D eigenvalue weighted by Crippen LogP contribution is -2.49. The number of hydrogen-bond acceptors (Lipinski definition) is 5. The monoisotopic (exact) mass is 459 g/mol. The molecule has 0 unspecified atom stereocenters. The molecular weight excluding hydrogens is 437 g/mol. The van der Waals surface area contributed by atoms with Crippen molar-refractivity contribution in [1.82, 2.24) is 19.4 Å². The fourth-order valence-corrected chi connectivity index (χ4v) is 4.27. The number of halogens is 1. The molecule has 34 heavy (non-hydrogen) atoms. The van der Waals surface area contributed by atoms with Gasteiger partial charge in [0.25, 0.3) is 11.5 Å². The van der Waals surface area contributed by atoms with E-state index in [1.165, 1.54) is 16.7 Å². The average Bonchev–Trinajstić information content (AvgIpc) is 2.87. The maximum absolute atomic E-state index is 13.6. The zero-order chi connectivity index (χ0) is 23.7. The normalized spacial score (nSPS) is 13.9. The Labute approximate surface area is 193 Å². The summed E-state index contributed by atoms with van der Waals surface area (Å²) in [6, 6.07) is 16.6. The van der Waals surface area contributed by atoms with E-state index in [9.17, 15) is 18.8 Å². The van der Waals surface area contributed by atoms with Gasteiger partial charge in [-0.2, -0.15) is 0 Å². The van der Waals surface area contributed by atoms with Crippen LogP contribution in [0.5, 0.6) is 0 Å². The fourth-order valence-electron chi connectivity index (χ4n) is 4.27. The smallest absolute Gasteiger partial charge is 0.329 e. The maximum Gasteiger partial charge on any atom is 0.329 e. The minimum Gasteiger partial charge on any atom is -0.353 e. The Kier molecular flexibility index (Phi) is 5.67. The Morgan fingerprint density at radius 2 is 1.79 bits per heavy atom. The lowest BCUT2D eigenvalue weighted by molar-refractivity contribution is 0.0746. The van der Waals surface area contributed by atoms with Gasteiger partial charge in [0.1, 0.15) is 11.6 Å². The van der Waals surface area contributed by atoms with Crippen molar-refractivity contribution in [3.63, 3.8) is 0 Å². The Morgan fingerprint density at radius 3 is 2.56 bits per heavy atom. The van der Waals surface area contributed by atoms with Gasteiger partial charge in [-0.3, -0.25) is 19.1 Å². The van der Waals surface area contributed by atoms with E-state index in [0.717, 1.165) is 17.4 Å². The Morgan fingerprint density at radius 1 is 0.971 bits per heavy atom. The molecule has 1 N–H and O–H groups in total. The number of rotatable bonds is 4. The van der Waals surface area contributed by atoms with Gasteiger partial charge in [-0.25, -0.2) is 14.2 Å². The SMILES string of the molecule is O=C(c1cccc(Cn2c(=O)[nH]c(=O)c3cc(F)ccc32)c1)N1CCN(c2ccccn2)CC1. The topological polar surface area (TPSA) is 91.3 Å². The average molecular weight is 459 g/mol. The number of benzene rings is 2. The van der Waals surface area contributed by atoms with Gasteiger partial charge in [-0.05, 0) is 48.0 Å². The number of nitrogens with zero attached hydrogens (tertiary/aromatic N) is 4. The first-order chi connectivity index (χ1) is 16.5. The van der Waals surface area contributed by atoms with Crippen LogP contribution in [0.15, 0.2) is 76.4 Å². The number of H-pyrrole nitrogens is 1. The molecule has 8 nitrogen and oxygen atoms in total. The van der Waals surface area contributed by atoms with Gasteiger partial charge >= 0.3 is 5.69 Å². The van der Waals surface area contributed by atoms with Crippen LogP contribution in [0.25, 0.3) is 10.9 Å². The number of aromatic nitrogens is 3. The molecule has 1 aliphatic rings. The van der Waals surface area contributed by atoms with Gasteiger partial charge in [-0.15, -0.1) is 0 Å². The summed E-state index contributed by atoms with van der Waals surface area (Å²) in [6.45, 7) is 2.67. The van der Waals surface area contributed by atoms with E-state index >= 15 is 0 Å². The maximum atomic E-state index is 13.6. The number of hydrogen-bond donors (Lipinski definition) is 1. The molecular formula is C25H22FN5O3. The predicted octanol–water partition coefficient (Wildman–Crippen LogP) is 2.23. The summed E-state index contributed by atoms with van der Waals surface area (Å²) < 4.78 is 15.0. The molecule has 5 rings (SSSR count). The van der Waals surface area contributed by atoms with Crippen LogP contribution < -0.4 is 16.1 Å². The molecule has 9 heteroatoms. The highest BCUT2D eigenvalue weighted by Crippen LogP contribution is 2.17. The third-order valence-corrected chi connectivity index (χ3v) is 6.01. The van der Waals surface area contributed by atoms with E-state index in [0.29, 0.717) is 37.3 Å². The van der Waals surface area contributed by atoms with Gasteiger partial charge in [0, 0.05) is 37.9 Å². The molecule has 1 saturated heterocycles. The summed E-state index contributed by atoms with van der Waals surface area (Å²) in [5, 5.41) is 0.0950. The molecule has 0 bridgehead atoms. The van der Waals surface area contributed by atoms with Crippen LogP contribution in [0.2, 0.25) is 0 Å². The minimum atomic E-state index is -0.635. The van der Waals surface area contributed by atoms with E-state index in [4.69, 9.17) is 0 Å². The van der Waals surface area contributed by atoms with Crippen LogP contribution >= 0.6 is 0 Å². The fraction of sp³-hybridized carbons (Fsp3) is 0.200. The number of carbonyl (C=O) groups is 1. The Balaban J connectivity index is 1.35. The molecule has 2 aromatic heterocycles. The quantitative estimate of drug-likeness (QED) is 0.506. The van der Waals surface area contributed by atoms with E-state index < -0.39 is 17.1 Å². The van der Waals surface area contributed by atoms with Crippen molar-refractivity contribution in [2.24, 2.45) is 0 Å². The third-order valence-electron chi connectivity index (χ3n) is 6.01. The molecule has 0 spiro atoms. The van der Waals surface area contributed by atoms with Crippen LogP contribution in [0.3, 0.4) is 0 Å². The van der Waals surface area contributed by atoms with Crippen molar-refractivity contribution >= 4 is 22.6 Å². The van der Waals surface area contributed by atoms with Crippen molar-refractivity contribution in [1.29, 1.82) is 0 Å².